The van der Waals surface area contributed by atoms with E-state index in [1.807, 2.05) is 32.0 Å². The summed E-state index contributed by atoms with van der Waals surface area (Å²) in [6.07, 6.45) is 1.56. The number of aromatic nitrogens is 1. The first kappa shape index (κ1) is 12.7. The Labute approximate surface area is 106 Å². The van der Waals surface area contributed by atoms with Gasteiger partial charge in [0.15, 0.2) is 0 Å². The third-order valence-electron chi connectivity index (χ3n) is 2.97. The fraction of sp³-hybridized carbons (Fsp3) is 0.214. The lowest BCUT2D eigenvalue weighted by atomic mass is 9.96. The standard InChI is InChI=1S/C14H16FN3/c1-9-5-6-10(2)11(8-9)13(18-16)14-12(15)4-3-7-17-14/h3-8,13,18H,16H2,1-2H3. The number of aryl methyl sites for hydroxylation is 2. The van der Waals surface area contributed by atoms with Crippen LogP contribution in [0.1, 0.15) is 28.4 Å². The minimum Gasteiger partial charge on any atom is -0.271 e. The fourth-order valence-electron chi connectivity index (χ4n) is 2.00. The molecule has 2 aromatic rings. The summed E-state index contributed by atoms with van der Waals surface area (Å²) >= 11 is 0. The molecule has 1 atom stereocenters. The average molecular weight is 245 g/mol. The Bertz CT molecular complexity index is 554. The lowest BCUT2D eigenvalue weighted by Gasteiger charge is -2.19. The highest BCUT2D eigenvalue weighted by molar-refractivity contribution is 5.37. The zero-order valence-corrected chi connectivity index (χ0v) is 10.4. The van der Waals surface area contributed by atoms with Crippen LogP contribution in [0.15, 0.2) is 36.5 Å². The number of benzene rings is 1. The van der Waals surface area contributed by atoms with Crippen molar-refractivity contribution in [2.45, 2.75) is 19.9 Å². The Balaban J connectivity index is 2.52. The van der Waals surface area contributed by atoms with Gasteiger partial charge < -0.3 is 0 Å². The Kier molecular flexibility index (Phi) is 3.69. The van der Waals surface area contributed by atoms with Crippen LogP contribution in [0.3, 0.4) is 0 Å². The van der Waals surface area contributed by atoms with Crippen LogP contribution in [0.2, 0.25) is 0 Å². The first-order valence-electron chi connectivity index (χ1n) is 5.77. The van der Waals surface area contributed by atoms with Crippen molar-refractivity contribution in [3.8, 4) is 0 Å². The van der Waals surface area contributed by atoms with Crippen LogP contribution >= 0.6 is 0 Å². The molecule has 4 heteroatoms. The molecule has 0 fully saturated rings. The van der Waals surface area contributed by atoms with Crippen LogP contribution < -0.4 is 11.3 Å². The Hall–Kier alpha value is -1.78. The Morgan fingerprint density at radius 1 is 1.28 bits per heavy atom. The van der Waals surface area contributed by atoms with E-state index in [0.717, 1.165) is 16.7 Å². The molecule has 0 spiro atoms. The second kappa shape index (κ2) is 5.25. The summed E-state index contributed by atoms with van der Waals surface area (Å²) in [6, 6.07) is 8.52. The molecule has 1 aromatic carbocycles. The molecule has 0 radical (unpaired) electrons. The normalized spacial score (nSPS) is 12.4. The van der Waals surface area contributed by atoms with E-state index in [0.29, 0.717) is 5.69 Å². The first-order valence-corrected chi connectivity index (χ1v) is 5.77. The molecule has 0 saturated carbocycles. The first-order chi connectivity index (χ1) is 8.63. The van der Waals surface area contributed by atoms with E-state index in [4.69, 9.17) is 5.84 Å². The summed E-state index contributed by atoms with van der Waals surface area (Å²) in [4.78, 5) is 4.08. The molecular weight excluding hydrogens is 229 g/mol. The largest absolute Gasteiger partial charge is 0.271 e. The van der Waals surface area contributed by atoms with Crippen molar-refractivity contribution in [2.75, 3.05) is 0 Å². The van der Waals surface area contributed by atoms with Crippen molar-refractivity contribution in [3.63, 3.8) is 0 Å². The number of rotatable bonds is 3. The SMILES string of the molecule is Cc1ccc(C)c(C(NN)c2ncccc2F)c1. The van der Waals surface area contributed by atoms with E-state index in [-0.39, 0.29) is 5.82 Å². The zero-order valence-electron chi connectivity index (χ0n) is 10.4. The van der Waals surface area contributed by atoms with Gasteiger partial charge >= 0.3 is 0 Å². The van der Waals surface area contributed by atoms with Gasteiger partial charge in [-0.25, -0.2) is 9.82 Å². The fourth-order valence-corrected chi connectivity index (χ4v) is 2.00. The van der Waals surface area contributed by atoms with Gasteiger partial charge in [-0.05, 0) is 37.1 Å². The summed E-state index contributed by atoms with van der Waals surface area (Å²) in [5, 5.41) is 0. The van der Waals surface area contributed by atoms with Gasteiger partial charge in [0.2, 0.25) is 0 Å². The number of halogens is 1. The molecule has 2 rings (SSSR count). The zero-order chi connectivity index (χ0) is 13.1. The molecule has 0 aliphatic heterocycles. The molecule has 3 nitrogen and oxygen atoms in total. The monoisotopic (exact) mass is 245 g/mol. The van der Waals surface area contributed by atoms with E-state index < -0.39 is 6.04 Å². The maximum atomic E-state index is 13.8. The van der Waals surface area contributed by atoms with E-state index in [1.165, 1.54) is 6.07 Å². The highest BCUT2D eigenvalue weighted by atomic mass is 19.1. The number of nitrogens with zero attached hydrogens (tertiary/aromatic N) is 1. The maximum absolute atomic E-state index is 13.8. The van der Waals surface area contributed by atoms with Crippen LogP contribution in [0, 0.1) is 19.7 Å². The predicted molar refractivity (Wildman–Crippen MR) is 69.3 cm³/mol. The summed E-state index contributed by atoms with van der Waals surface area (Å²) in [7, 11) is 0. The molecule has 1 aromatic heterocycles. The predicted octanol–water partition coefficient (Wildman–Crippen LogP) is 2.39. The highest BCUT2D eigenvalue weighted by Gasteiger charge is 2.19. The van der Waals surface area contributed by atoms with E-state index >= 15 is 0 Å². The van der Waals surface area contributed by atoms with E-state index in [1.54, 1.807) is 12.3 Å². The van der Waals surface area contributed by atoms with E-state index in [2.05, 4.69) is 10.4 Å². The van der Waals surface area contributed by atoms with Crippen LogP contribution in [0.25, 0.3) is 0 Å². The quantitative estimate of drug-likeness (QED) is 0.645. The molecule has 0 saturated heterocycles. The van der Waals surface area contributed by atoms with Crippen molar-refractivity contribution >= 4 is 0 Å². The summed E-state index contributed by atoms with van der Waals surface area (Å²) < 4.78 is 13.8. The molecule has 0 aliphatic rings. The van der Waals surface area contributed by atoms with E-state index in [9.17, 15) is 4.39 Å². The molecule has 0 bridgehead atoms. The number of hydrogen-bond donors (Lipinski definition) is 2. The highest BCUT2D eigenvalue weighted by Crippen LogP contribution is 2.25. The third-order valence-corrected chi connectivity index (χ3v) is 2.97. The van der Waals surface area contributed by atoms with Crippen LogP contribution in [-0.2, 0) is 0 Å². The number of nitrogens with one attached hydrogen (secondary N) is 1. The van der Waals surface area contributed by atoms with Gasteiger partial charge in [-0.15, -0.1) is 0 Å². The Morgan fingerprint density at radius 2 is 2.06 bits per heavy atom. The molecule has 18 heavy (non-hydrogen) atoms. The van der Waals surface area contributed by atoms with Gasteiger partial charge in [-0.1, -0.05) is 23.8 Å². The summed E-state index contributed by atoms with van der Waals surface area (Å²) in [5.74, 6) is 5.21. The smallest absolute Gasteiger partial charge is 0.146 e. The van der Waals surface area contributed by atoms with Crippen molar-refractivity contribution in [2.24, 2.45) is 5.84 Å². The lowest BCUT2D eigenvalue weighted by Crippen LogP contribution is -2.30. The molecule has 0 amide bonds. The number of hydrogen-bond acceptors (Lipinski definition) is 3. The van der Waals surface area contributed by atoms with Gasteiger partial charge in [0.1, 0.15) is 5.82 Å². The van der Waals surface area contributed by atoms with Gasteiger partial charge in [0.05, 0.1) is 11.7 Å². The topological polar surface area (TPSA) is 50.9 Å². The summed E-state index contributed by atoms with van der Waals surface area (Å²) in [6.45, 7) is 3.96. The molecule has 0 aliphatic carbocycles. The van der Waals surface area contributed by atoms with Crippen molar-refractivity contribution < 1.29 is 4.39 Å². The second-order valence-corrected chi connectivity index (χ2v) is 4.33. The minimum absolute atomic E-state index is 0.314. The third kappa shape index (κ3) is 2.39. The molecule has 1 heterocycles. The lowest BCUT2D eigenvalue weighted by molar-refractivity contribution is 0.542. The van der Waals surface area contributed by atoms with Gasteiger partial charge in [-0.2, -0.15) is 0 Å². The van der Waals surface area contributed by atoms with Crippen LogP contribution in [-0.4, -0.2) is 4.98 Å². The minimum atomic E-state index is -0.439. The molecule has 94 valence electrons. The molecule has 1 unspecified atom stereocenters. The second-order valence-electron chi connectivity index (χ2n) is 4.33. The number of hydrazine groups is 1. The van der Waals surface area contributed by atoms with Gasteiger partial charge in [0.25, 0.3) is 0 Å². The van der Waals surface area contributed by atoms with Gasteiger partial charge in [-0.3, -0.25) is 10.8 Å². The van der Waals surface area contributed by atoms with Crippen molar-refractivity contribution in [1.29, 1.82) is 0 Å². The van der Waals surface area contributed by atoms with Crippen molar-refractivity contribution in [3.05, 3.63) is 64.7 Å². The van der Waals surface area contributed by atoms with Crippen LogP contribution in [0.4, 0.5) is 4.39 Å². The Morgan fingerprint density at radius 3 is 2.72 bits per heavy atom. The molecular formula is C14H16FN3. The van der Waals surface area contributed by atoms with Crippen molar-refractivity contribution in [1.82, 2.24) is 10.4 Å². The number of pyridine rings is 1. The number of nitrogens with two attached hydrogens (primary N) is 1. The summed E-state index contributed by atoms with van der Waals surface area (Å²) in [5.41, 5.74) is 6.05. The average Bonchev–Trinajstić information content (AvgIpc) is 2.36. The maximum Gasteiger partial charge on any atom is 0.146 e. The van der Waals surface area contributed by atoms with Crippen LogP contribution in [0.5, 0.6) is 0 Å². The molecule has 3 N–H and O–H groups in total. The van der Waals surface area contributed by atoms with Gasteiger partial charge in [0, 0.05) is 6.20 Å².